The summed E-state index contributed by atoms with van der Waals surface area (Å²) in [5.74, 6) is 1.13. The Morgan fingerprint density at radius 2 is 2.39 bits per heavy atom. The zero-order chi connectivity index (χ0) is 12.4. The number of aromatic nitrogens is 3. The lowest BCUT2D eigenvalue weighted by Crippen LogP contribution is -2.33. The minimum atomic E-state index is 0.857. The predicted octanol–water partition coefficient (Wildman–Crippen LogP) is 1.47. The highest BCUT2D eigenvalue weighted by molar-refractivity contribution is 7.13. The second-order valence-electron chi connectivity index (χ2n) is 4.36. The van der Waals surface area contributed by atoms with Crippen LogP contribution in [0, 0.1) is 0 Å². The zero-order valence-electron chi connectivity index (χ0n) is 10.5. The van der Waals surface area contributed by atoms with Crippen LogP contribution in [-0.2, 0) is 19.6 Å². The van der Waals surface area contributed by atoms with Gasteiger partial charge in [-0.2, -0.15) is 0 Å². The molecule has 1 aliphatic rings. The molecular formula is C12H17N5S. The molecule has 3 heterocycles. The fourth-order valence-electron chi connectivity index (χ4n) is 2.11. The molecule has 0 unspecified atom stereocenters. The van der Waals surface area contributed by atoms with Gasteiger partial charge in [0.2, 0.25) is 0 Å². The summed E-state index contributed by atoms with van der Waals surface area (Å²) >= 11 is 1.72. The Labute approximate surface area is 110 Å². The second-order valence-corrected chi connectivity index (χ2v) is 5.20. The van der Waals surface area contributed by atoms with Crippen molar-refractivity contribution in [2.75, 3.05) is 18.0 Å². The SMILES string of the molecule is CCNCc1csc(N2CCn3ccnc3C2)n1. The minimum absolute atomic E-state index is 0.857. The summed E-state index contributed by atoms with van der Waals surface area (Å²) in [6, 6.07) is 0. The Morgan fingerprint density at radius 1 is 1.44 bits per heavy atom. The summed E-state index contributed by atoms with van der Waals surface area (Å²) in [4.78, 5) is 11.4. The maximum atomic E-state index is 4.67. The van der Waals surface area contributed by atoms with Crippen LogP contribution in [0.2, 0.25) is 0 Å². The van der Waals surface area contributed by atoms with Crippen molar-refractivity contribution in [1.82, 2.24) is 19.9 Å². The van der Waals surface area contributed by atoms with Gasteiger partial charge in [-0.3, -0.25) is 0 Å². The highest BCUT2D eigenvalue weighted by atomic mass is 32.1. The lowest BCUT2D eigenvalue weighted by Gasteiger charge is -2.27. The van der Waals surface area contributed by atoms with Crippen LogP contribution in [0.1, 0.15) is 18.4 Å². The van der Waals surface area contributed by atoms with Gasteiger partial charge in [0.25, 0.3) is 0 Å². The van der Waals surface area contributed by atoms with Gasteiger partial charge in [0.1, 0.15) is 5.82 Å². The molecule has 2 aromatic heterocycles. The Kier molecular flexibility index (Phi) is 3.29. The largest absolute Gasteiger partial charge is 0.339 e. The highest BCUT2D eigenvalue weighted by Crippen LogP contribution is 2.24. The van der Waals surface area contributed by atoms with E-state index in [9.17, 15) is 0 Å². The molecular weight excluding hydrogens is 246 g/mol. The molecule has 1 aliphatic heterocycles. The van der Waals surface area contributed by atoms with Crippen molar-refractivity contribution in [3.63, 3.8) is 0 Å². The molecule has 0 fully saturated rings. The Bertz CT molecular complexity index is 518. The fourth-order valence-corrected chi connectivity index (χ4v) is 2.96. The van der Waals surface area contributed by atoms with Gasteiger partial charge in [-0.05, 0) is 6.54 Å². The lowest BCUT2D eigenvalue weighted by molar-refractivity contribution is 0.558. The quantitative estimate of drug-likeness (QED) is 0.907. The van der Waals surface area contributed by atoms with Gasteiger partial charge in [0, 0.05) is 37.4 Å². The second kappa shape index (κ2) is 5.07. The molecule has 0 aliphatic carbocycles. The van der Waals surface area contributed by atoms with Gasteiger partial charge in [0.15, 0.2) is 5.13 Å². The molecule has 3 rings (SSSR count). The smallest absolute Gasteiger partial charge is 0.186 e. The molecule has 0 radical (unpaired) electrons. The average Bonchev–Trinajstić information content (AvgIpc) is 3.04. The summed E-state index contributed by atoms with van der Waals surface area (Å²) in [6.45, 7) is 6.82. The van der Waals surface area contributed by atoms with Crippen LogP contribution in [0.4, 0.5) is 5.13 Å². The first kappa shape index (κ1) is 11.7. The summed E-state index contributed by atoms with van der Waals surface area (Å²) in [5, 5.41) is 6.55. The topological polar surface area (TPSA) is 46.0 Å². The average molecular weight is 263 g/mol. The number of imidazole rings is 1. The van der Waals surface area contributed by atoms with E-state index in [4.69, 9.17) is 0 Å². The van der Waals surface area contributed by atoms with E-state index in [2.05, 4.69) is 37.1 Å². The highest BCUT2D eigenvalue weighted by Gasteiger charge is 2.19. The first-order valence-electron chi connectivity index (χ1n) is 6.27. The van der Waals surface area contributed by atoms with Crippen LogP contribution < -0.4 is 10.2 Å². The Morgan fingerprint density at radius 3 is 3.28 bits per heavy atom. The van der Waals surface area contributed by atoms with Crippen molar-refractivity contribution in [2.45, 2.75) is 26.6 Å². The van der Waals surface area contributed by atoms with Crippen molar-refractivity contribution < 1.29 is 0 Å². The number of nitrogens with zero attached hydrogens (tertiary/aromatic N) is 4. The zero-order valence-corrected chi connectivity index (χ0v) is 11.3. The number of rotatable bonds is 4. The van der Waals surface area contributed by atoms with E-state index in [1.807, 2.05) is 12.4 Å². The van der Waals surface area contributed by atoms with E-state index in [1.165, 1.54) is 0 Å². The van der Waals surface area contributed by atoms with Gasteiger partial charge < -0.3 is 14.8 Å². The number of nitrogens with one attached hydrogen (secondary N) is 1. The molecule has 2 aromatic rings. The first-order valence-corrected chi connectivity index (χ1v) is 7.15. The van der Waals surface area contributed by atoms with Crippen LogP contribution in [0.25, 0.3) is 0 Å². The number of fused-ring (bicyclic) bond motifs is 1. The first-order chi connectivity index (χ1) is 8.86. The van der Waals surface area contributed by atoms with Crippen molar-refractivity contribution in [2.24, 2.45) is 0 Å². The normalized spacial score (nSPS) is 14.8. The van der Waals surface area contributed by atoms with Crippen molar-refractivity contribution >= 4 is 16.5 Å². The third-order valence-electron chi connectivity index (χ3n) is 3.11. The Hall–Kier alpha value is -1.40. The molecule has 5 nitrogen and oxygen atoms in total. The monoisotopic (exact) mass is 263 g/mol. The van der Waals surface area contributed by atoms with Crippen molar-refractivity contribution in [1.29, 1.82) is 0 Å². The Balaban J connectivity index is 1.70. The molecule has 0 saturated carbocycles. The molecule has 1 N–H and O–H groups in total. The fraction of sp³-hybridized carbons (Fsp3) is 0.500. The van der Waals surface area contributed by atoms with Gasteiger partial charge >= 0.3 is 0 Å². The van der Waals surface area contributed by atoms with Crippen LogP contribution in [0.5, 0.6) is 0 Å². The molecule has 6 heteroatoms. The van der Waals surface area contributed by atoms with E-state index in [0.29, 0.717) is 0 Å². The molecule has 18 heavy (non-hydrogen) atoms. The van der Waals surface area contributed by atoms with Crippen LogP contribution >= 0.6 is 11.3 Å². The maximum Gasteiger partial charge on any atom is 0.186 e. The molecule has 0 spiro atoms. The molecule has 0 bridgehead atoms. The summed E-state index contributed by atoms with van der Waals surface area (Å²) in [5.41, 5.74) is 1.13. The van der Waals surface area contributed by atoms with Crippen LogP contribution in [0.15, 0.2) is 17.8 Å². The summed E-state index contributed by atoms with van der Waals surface area (Å²) < 4.78 is 2.21. The maximum absolute atomic E-state index is 4.67. The number of hydrogen-bond donors (Lipinski definition) is 1. The molecule has 0 aromatic carbocycles. The summed E-state index contributed by atoms with van der Waals surface area (Å²) in [6.07, 6.45) is 3.92. The minimum Gasteiger partial charge on any atom is -0.339 e. The van der Waals surface area contributed by atoms with Gasteiger partial charge in [-0.1, -0.05) is 6.92 Å². The number of hydrogen-bond acceptors (Lipinski definition) is 5. The number of anilines is 1. The molecule has 0 atom stereocenters. The number of thiazole rings is 1. The standard InChI is InChI=1S/C12H17N5S/c1-2-13-7-10-9-18-12(15-10)17-6-5-16-4-3-14-11(16)8-17/h3-4,9,13H,2,5-8H2,1H3. The van der Waals surface area contributed by atoms with E-state index in [0.717, 1.165) is 49.4 Å². The van der Waals surface area contributed by atoms with Gasteiger partial charge in [-0.15, -0.1) is 11.3 Å². The van der Waals surface area contributed by atoms with E-state index < -0.39 is 0 Å². The lowest BCUT2D eigenvalue weighted by atomic mass is 10.4. The van der Waals surface area contributed by atoms with E-state index >= 15 is 0 Å². The van der Waals surface area contributed by atoms with Crippen LogP contribution in [-0.4, -0.2) is 27.6 Å². The molecule has 0 amide bonds. The third-order valence-corrected chi connectivity index (χ3v) is 4.06. The van der Waals surface area contributed by atoms with Gasteiger partial charge in [-0.25, -0.2) is 9.97 Å². The predicted molar refractivity (Wildman–Crippen MR) is 72.8 cm³/mol. The van der Waals surface area contributed by atoms with Gasteiger partial charge in [0.05, 0.1) is 12.2 Å². The third kappa shape index (κ3) is 2.26. The molecule has 96 valence electrons. The van der Waals surface area contributed by atoms with E-state index in [-0.39, 0.29) is 0 Å². The molecule has 0 saturated heterocycles. The summed E-state index contributed by atoms with van der Waals surface area (Å²) in [7, 11) is 0. The van der Waals surface area contributed by atoms with Crippen LogP contribution in [0.3, 0.4) is 0 Å². The van der Waals surface area contributed by atoms with Crippen molar-refractivity contribution in [3.05, 3.63) is 29.3 Å². The van der Waals surface area contributed by atoms with Crippen molar-refractivity contribution in [3.8, 4) is 0 Å². The van der Waals surface area contributed by atoms with E-state index in [1.54, 1.807) is 11.3 Å².